The summed E-state index contributed by atoms with van der Waals surface area (Å²) in [6, 6.07) is 0. The molecule has 6 heteroatoms. The Labute approximate surface area is 124 Å². The van der Waals surface area contributed by atoms with Crippen LogP contribution in [0.5, 0.6) is 0 Å². The van der Waals surface area contributed by atoms with E-state index < -0.39 is 17.5 Å². The molecule has 1 aliphatic rings. The first kappa shape index (κ1) is 15.7. The molecule has 1 N–H and O–H groups in total. The van der Waals surface area contributed by atoms with E-state index in [2.05, 4.69) is 10.1 Å². The molecule has 116 valence electrons. The Morgan fingerprint density at radius 2 is 2.19 bits per heavy atom. The minimum absolute atomic E-state index is 0.267. The van der Waals surface area contributed by atoms with Gasteiger partial charge in [-0.15, -0.1) is 0 Å². The standard InChI is InChI=1S/C15H22N2O4/c1-4-15(3,20-5-2)14-16-12(21-17-14)10-8-6-7-9-11(10)13(18)19/h6-7,10-11H,4-5,8-9H2,1-3H3,(H,18,19)/t10-,11+,15?/m1/s1. The zero-order valence-electron chi connectivity index (χ0n) is 12.7. The summed E-state index contributed by atoms with van der Waals surface area (Å²) < 4.78 is 11.1. The highest BCUT2D eigenvalue weighted by Crippen LogP contribution is 2.35. The van der Waals surface area contributed by atoms with Gasteiger partial charge in [0.05, 0.1) is 11.8 Å². The third kappa shape index (κ3) is 3.15. The van der Waals surface area contributed by atoms with Crippen LogP contribution in [0.25, 0.3) is 0 Å². The number of nitrogens with zero attached hydrogens (tertiary/aromatic N) is 2. The lowest BCUT2D eigenvalue weighted by Gasteiger charge is -2.24. The SMILES string of the molecule is CCOC(C)(CC)c1noc([C@@H]2CC=CC[C@@H]2C(=O)O)n1. The molecule has 21 heavy (non-hydrogen) atoms. The topological polar surface area (TPSA) is 85.5 Å². The van der Waals surface area contributed by atoms with Crippen molar-refractivity contribution in [3.8, 4) is 0 Å². The summed E-state index contributed by atoms with van der Waals surface area (Å²) in [6.45, 7) is 6.38. The molecule has 1 aromatic heterocycles. The summed E-state index contributed by atoms with van der Waals surface area (Å²) in [7, 11) is 0. The lowest BCUT2D eigenvalue weighted by molar-refractivity contribution is -0.142. The summed E-state index contributed by atoms with van der Waals surface area (Å²) in [5.74, 6) is -0.728. The molecular weight excluding hydrogens is 272 g/mol. The largest absolute Gasteiger partial charge is 0.481 e. The van der Waals surface area contributed by atoms with Crippen molar-refractivity contribution >= 4 is 5.97 Å². The van der Waals surface area contributed by atoms with Crippen molar-refractivity contribution < 1.29 is 19.2 Å². The molecular formula is C15H22N2O4. The number of aliphatic carboxylic acids is 1. The number of carbonyl (C=O) groups is 1. The highest BCUT2D eigenvalue weighted by atomic mass is 16.5. The van der Waals surface area contributed by atoms with Crippen LogP contribution in [0.15, 0.2) is 16.7 Å². The van der Waals surface area contributed by atoms with Gasteiger partial charge in [0.1, 0.15) is 5.60 Å². The van der Waals surface area contributed by atoms with Crippen LogP contribution in [-0.2, 0) is 15.1 Å². The number of carboxylic acid groups (broad SMARTS) is 1. The van der Waals surface area contributed by atoms with Gasteiger partial charge in [-0.3, -0.25) is 4.79 Å². The lowest BCUT2D eigenvalue weighted by atomic mass is 9.83. The van der Waals surface area contributed by atoms with Gasteiger partial charge in [0.25, 0.3) is 0 Å². The normalized spacial score (nSPS) is 24.7. The summed E-state index contributed by atoms with van der Waals surface area (Å²) in [5, 5.41) is 13.3. The zero-order chi connectivity index (χ0) is 15.5. The summed E-state index contributed by atoms with van der Waals surface area (Å²) in [6.07, 6.45) is 5.68. The van der Waals surface area contributed by atoms with Gasteiger partial charge in [0, 0.05) is 6.61 Å². The molecule has 6 nitrogen and oxygen atoms in total. The minimum atomic E-state index is -0.827. The Morgan fingerprint density at radius 3 is 2.81 bits per heavy atom. The number of allylic oxidation sites excluding steroid dienone is 2. The maximum Gasteiger partial charge on any atom is 0.307 e. The number of rotatable bonds is 6. The van der Waals surface area contributed by atoms with Crippen molar-refractivity contribution in [2.75, 3.05) is 6.61 Å². The molecule has 0 radical (unpaired) electrons. The van der Waals surface area contributed by atoms with E-state index in [9.17, 15) is 9.90 Å². The molecule has 2 rings (SSSR count). The first-order valence-corrected chi connectivity index (χ1v) is 7.37. The van der Waals surface area contributed by atoms with Crippen molar-refractivity contribution in [2.24, 2.45) is 5.92 Å². The first-order chi connectivity index (χ1) is 10.0. The molecule has 0 saturated carbocycles. The van der Waals surface area contributed by atoms with Gasteiger partial charge < -0.3 is 14.4 Å². The van der Waals surface area contributed by atoms with Crippen LogP contribution in [0.4, 0.5) is 0 Å². The van der Waals surface area contributed by atoms with Gasteiger partial charge in [-0.25, -0.2) is 0 Å². The van der Waals surface area contributed by atoms with E-state index >= 15 is 0 Å². The average molecular weight is 294 g/mol. The van der Waals surface area contributed by atoms with Crippen LogP contribution in [0.2, 0.25) is 0 Å². The van der Waals surface area contributed by atoms with E-state index in [1.165, 1.54) is 0 Å². The molecule has 0 aromatic carbocycles. The fraction of sp³-hybridized carbons (Fsp3) is 0.667. The molecule has 0 spiro atoms. The number of carboxylic acids is 1. The predicted molar refractivity (Wildman–Crippen MR) is 75.8 cm³/mol. The van der Waals surface area contributed by atoms with E-state index in [0.717, 1.165) is 0 Å². The van der Waals surface area contributed by atoms with Gasteiger partial charge >= 0.3 is 5.97 Å². The molecule has 0 bridgehead atoms. The van der Waals surface area contributed by atoms with Crippen molar-refractivity contribution in [3.63, 3.8) is 0 Å². The summed E-state index contributed by atoms with van der Waals surface area (Å²) >= 11 is 0. The second-order valence-electron chi connectivity index (χ2n) is 5.47. The second-order valence-corrected chi connectivity index (χ2v) is 5.47. The van der Waals surface area contributed by atoms with Gasteiger partial charge in [0.2, 0.25) is 11.7 Å². The van der Waals surface area contributed by atoms with Crippen molar-refractivity contribution in [2.45, 2.75) is 51.6 Å². The van der Waals surface area contributed by atoms with Gasteiger partial charge in [0.15, 0.2) is 0 Å². The molecule has 0 aliphatic heterocycles. The third-order valence-corrected chi connectivity index (χ3v) is 4.12. The summed E-state index contributed by atoms with van der Waals surface area (Å²) in [5.41, 5.74) is -0.597. The van der Waals surface area contributed by atoms with Gasteiger partial charge in [-0.2, -0.15) is 4.98 Å². The maximum atomic E-state index is 11.4. The first-order valence-electron chi connectivity index (χ1n) is 7.37. The molecule has 1 heterocycles. The van der Waals surface area contributed by atoms with Crippen LogP contribution >= 0.6 is 0 Å². The quantitative estimate of drug-likeness (QED) is 0.812. The number of ether oxygens (including phenoxy) is 1. The van der Waals surface area contributed by atoms with E-state index in [4.69, 9.17) is 9.26 Å². The Bertz CT molecular complexity index is 525. The van der Waals surface area contributed by atoms with Gasteiger partial charge in [-0.05, 0) is 33.1 Å². The molecule has 0 fully saturated rings. The molecule has 3 atom stereocenters. The van der Waals surface area contributed by atoms with Crippen molar-refractivity contribution in [1.29, 1.82) is 0 Å². The Morgan fingerprint density at radius 1 is 1.48 bits per heavy atom. The van der Waals surface area contributed by atoms with E-state index in [-0.39, 0.29) is 5.92 Å². The highest BCUT2D eigenvalue weighted by molar-refractivity contribution is 5.71. The van der Waals surface area contributed by atoms with Crippen LogP contribution in [0.1, 0.15) is 57.7 Å². The third-order valence-electron chi connectivity index (χ3n) is 4.12. The molecule has 1 aliphatic carbocycles. The van der Waals surface area contributed by atoms with Crippen LogP contribution in [-0.4, -0.2) is 27.8 Å². The number of aromatic nitrogens is 2. The fourth-order valence-corrected chi connectivity index (χ4v) is 2.60. The van der Waals surface area contributed by atoms with E-state index in [0.29, 0.717) is 37.6 Å². The molecule has 0 saturated heterocycles. The Balaban J connectivity index is 2.26. The Hall–Kier alpha value is -1.69. The van der Waals surface area contributed by atoms with Crippen LogP contribution < -0.4 is 0 Å². The predicted octanol–water partition coefficient (Wildman–Crippen LogP) is 2.87. The van der Waals surface area contributed by atoms with Crippen molar-refractivity contribution in [1.82, 2.24) is 10.1 Å². The van der Waals surface area contributed by atoms with E-state index in [1.807, 2.05) is 32.9 Å². The number of hydrogen-bond donors (Lipinski definition) is 1. The lowest BCUT2D eigenvalue weighted by Crippen LogP contribution is -2.27. The number of hydrogen-bond acceptors (Lipinski definition) is 5. The smallest absolute Gasteiger partial charge is 0.307 e. The molecule has 0 amide bonds. The fourth-order valence-electron chi connectivity index (χ4n) is 2.60. The highest BCUT2D eigenvalue weighted by Gasteiger charge is 2.37. The van der Waals surface area contributed by atoms with Gasteiger partial charge in [-0.1, -0.05) is 24.2 Å². The minimum Gasteiger partial charge on any atom is -0.481 e. The maximum absolute atomic E-state index is 11.4. The second kappa shape index (κ2) is 6.39. The van der Waals surface area contributed by atoms with E-state index in [1.54, 1.807) is 0 Å². The summed E-state index contributed by atoms with van der Waals surface area (Å²) in [4.78, 5) is 15.8. The molecule has 1 unspecified atom stereocenters. The molecule has 1 aromatic rings. The van der Waals surface area contributed by atoms with Crippen LogP contribution in [0, 0.1) is 5.92 Å². The Kier molecular flexibility index (Phi) is 4.77. The zero-order valence-corrected chi connectivity index (χ0v) is 12.7. The monoisotopic (exact) mass is 294 g/mol. The van der Waals surface area contributed by atoms with Crippen LogP contribution in [0.3, 0.4) is 0 Å². The average Bonchev–Trinajstić information content (AvgIpc) is 2.97. The van der Waals surface area contributed by atoms with Crippen molar-refractivity contribution in [3.05, 3.63) is 23.9 Å².